The lowest BCUT2D eigenvalue weighted by Crippen LogP contribution is -2.36. The first kappa shape index (κ1) is 15.1. The summed E-state index contributed by atoms with van der Waals surface area (Å²) in [5.74, 6) is -0.468. The van der Waals surface area contributed by atoms with Crippen LogP contribution in [0.15, 0.2) is 18.2 Å². The highest BCUT2D eigenvalue weighted by Crippen LogP contribution is 2.39. The fraction of sp³-hybridized carbons (Fsp3) is 0.533. The number of hydrogen-bond acceptors (Lipinski definition) is 4. The van der Waals surface area contributed by atoms with Crippen LogP contribution >= 0.6 is 11.6 Å². The molecule has 1 saturated heterocycles. The molecule has 1 atom stereocenters. The second-order valence-corrected chi connectivity index (χ2v) is 6.73. The van der Waals surface area contributed by atoms with Gasteiger partial charge in [0.05, 0.1) is 11.2 Å². The van der Waals surface area contributed by atoms with Crippen molar-refractivity contribution in [2.24, 2.45) is 0 Å². The summed E-state index contributed by atoms with van der Waals surface area (Å²) in [6, 6.07) is 4.76. The van der Waals surface area contributed by atoms with Crippen LogP contribution in [-0.2, 0) is 9.47 Å². The van der Waals surface area contributed by atoms with Crippen LogP contribution in [0.3, 0.4) is 0 Å². The van der Waals surface area contributed by atoms with Crippen molar-refractivity contribution >= 4 is 23.3 Å². The molecule has 0 bridgehead atoms. The molecule has 0 amide bonds. The van der Waals surface area contributed by atoms with Gasteiger partial charge in [-0.2, -0.15) is 0 Å². The van der Waals surface area contributed by atoms with Gasteiger partial charge >= 0.3 is 5.97 Å². The number of benzene rings is 1. The maximum Gasteiger partial charge on any atom is 0.340 e. The van der Waals surface area contributed by atoms with Crippen LogP contribution in [0.5, 0.6) is 0 Å². The summed E-state index contributed by atoms with van der Waals surface area (Å²) in [5, 5.41) is 0.452. The summed E-state index contributed by atoms with van der Waals surface area (Å²) in [7, 11) is 0. The van der Waals surface area contributed by atoms with Crippen molar-refractivity contribution in [2.75, 3.05) is 5.73 Å². The summed E-state index contributed by atoms with van der Waals surface area (Å²) >= 11 is 5.89. The van der Waals surface area contributed by atoms with E-state index in [1.807, 2.05) is 27.7 Å². The van der Waals surface area contributed by atoms with E-state index in [1.165, 1.54) is 6.07 Å². The molecule has 5 heteroatoms. The second-order valence-electron chi connectivity index (χ2n) is 6.29. The SMILES string of the molecule is CC1(C)CC(OC(=O)c2cc(Cl)ccc2N)C(C)(C)O1. The second kappa shape index (κ2) is 4.93. The summed E-state index contributed by atoms with van der Waals surface area (Å²) in [5.41, 5.74) is 5.61. The number of carbonyl (C=O) groups excluding carboxylic acids is 1. The zero-order valence-corrected chi connectivity index (χ0v) is 13.0. The highest BCUT2D eigenvalue weighted by Gasteiger charge is 2.48. The summed E-state index contributed by atoms with van der Waals surface area (Å²) in [4.78, 5) is 12.3. The van der Waals surface area contributed by atoms with Crippen LogP contribution in [0.25, 0.3) is 0 Å². The molecule has 4 nitrogen and oxygen atoms in total. The van der Waals surface area contributed by atoms with Gasteiger partial charge in [-0.25, -0.2) is 4.79 Å². The molecule has 1 heterocycles. The Bertz CT molecular complexity index is 540. The third-order valence-electron chi connectivity index (χ3n) is 3.48. The van der Waals surface area contributed by atoms with E-state index in [-0.39, 0.29) is 17.3 Å². The third kappa shape index (κ3) is 3.07. The van der Waals surface area contributed by atoms with E-state index in [0.29, 0.717) is 17.1 Å². The van der Waals surface area contributed by atoms with Crippen molar-refractivity contribution in [1.82, 2.24) is 0 Å². The molecular formula is C15H20ClNO3. The highest BCUT2D eigenvalue weighted by molar-refractivity contribution is 6.31. The quantitative estimate of drug-likeness (QED) is 0.671. The van der Waals surface area contributed by atoms with E-state index >= 15 is 0 Å². The molecule has 1 fully saturated rings. The molecule has 1 unspecified atom stereocenters. The first-order chi connectivity index (χ1) is 9.11. The summed E-state index contributed by atoms with van der Waals surface area (Å²) in [6.07, 6.45) is 0.329. The molecule has 110 valence electrons. The molecule has 20 heavy (non-hydrogen) atoms. The number of nitrogen functional groups attached to an aromatic ring is 1. The van der Waals surface area contributed by atoms with Crippen molar-refractivity contribution in [3.63, 3.8) is 0 Å². The van der Waals surface area contributed by atoms with Gasteiger partial charge in [-0.3, -0.25) is 0 Å². The molecule has 2 N–H and O–H groups in total. The average molecular weight is 298 g/mol. The topological polar surface area (TPSA) is 61.5 Å². The van der Waals surface area contributed by atoms with E-state index in [1.54, 1.807) is 12.1 Å². The van der Waals surface area contributed by atoms with Gasteiger partial charge < -0.3 is 15.2 Å². The summed E-state index contributed by atoms with van der Waals surface area (Å²) in [6.45, 7) is 7.80. The van der Waals surface area contributed by atoms with Gasteiger partial charge in [-0.15, -0.1) is 0 Å². The molecule has 0 saturated carbocycles. The van der Waals surface area contributed by atoms with Crippen molar-refractivity contribution in [1.29, 1.82) is 0 Å². The number of carbonyl (C=O) groups is 1. The third-order valence-corrected chi connectivity index (χ3v) is 3.71. The number of hydrogen-bond donors (Lipinski definition) is 1. The van der Waals surface area contributed by atoms with Crippen LogP contribution < -0.4 is 5.73 Å². The van der Waals surface area contributed by atoms with Gasteiger partial charge in [-0.1, -0.05) is 11.6 Å². The van der Waals surface area contributed by atoms with Crippen LogP contribution in [0.4, 0.5) is 5.69 Å². The van der Waals surface area contributed by atoms with Gasteiger partial charge in [0, 0.05) is 17.1 Å². The van der Waals surface area contributed by atoms with Crippen molar-refractivity contribution in [3.8, 4) is 0 Å². The van der Waals surface area contributed by atoms with Gasteiger partial charge in [0.15, 0.2) is 0 Å². The van der Waals surface area contributed by atoms with Crippen LogP contribution in [0.2, 0.25) is 5.02 Å². The monoisotopic (exact) mass is 297 g/mol. The van der Waals surface area contributed by atoms with Crippen molar-refractivity contribution in [2.45, 2.75) is 51.4 Å². The zero-order chi connectivity index (χ0) is 15.1. The lowest BCUT2D eigenvalue weighted by molar-refractivity contribution is -0.0924. The van der Waals surface area contributed by atoms with Gasteiger partial charge in [-0.05, 0) is 45.9 Å². The molecule has 1 aromatic rings. The molecule has 1 aliphatic heterocycles. The normalized spacial score (nSPS) is 23.6. The Balaban J connectivity index is 2.18. The van der Waals surface area contributed by atoms with E-state index in [0.717, 1.165) is 0 Å². The molecule has 1 aliphatic rings. The van der Waals surface area contributed by atoms with Gasteiger partial charge in [0.25, 0.3) is 0 Å². The molecular weight excluding hydrogens is 278 g/mol. The first-order valence-corrected chi connectivity index (χ1v) is 6.95. The van der Waals surface area contributed by atoms with Crippen LogP contribution in [0, 0.1) is 0 Å². The zero-order valence-electron chi connectivity index (χ0n) is 12.2. The Morgan fingerprint density at radius 2 is 2.05 bits per heavy atom. The average Bonchev–Trinajstić information content (AvgIpc) is 2.50. The number of ether oxygens (including phenoxy) is 2. The Morgan fingerprint density at radius 1 is 1.40 bits per heavy atom. The lowest BCUT2D eigenvalue weighted by Gasteiger charge is -2.26. The van der Waals surface area contributed by atoms with E-state index in [9.17, 15) is 4.79 Å². The molecule has 2 rings (SSSR count). The Morgan fingerprint density at radius 3 is 2.60 bits per heavy atom. The fourth-order valence-corrected chi connectivity index (χ4v) is 2.77. The number of halogens is 1. The highest BCUT2D eigenvalue weighted by atomic mass is 35.5. The Hall–Kier alpha value is -1.26. The van der Waals surface area contributed by atoms with Crippen molar-refractivity contribution < 1.29 is 14.3 Å². The van der Waals surface area contributed by atoms with Gasteiger partial charge in [0.2, 0.25) is 0 Å². The molecule has 0 spiro atoms. The molecule has 0 aliphatic carbocycles. The Labute approximate surface area is 124 Å². The number of esters is 1. The maximum atomic E-state index is 12.3. The van der Waals surface area contributed by atoms with E-state index in [2.05, 4.69) is 0 Å². The fourth-order valence-electron chi connectivity index (χ4n) is 2.59. The minimum atomic E-state index is -0.521. The summed E-state index contributed by atoms with van der Waals surface area (Å²) < 4.78 is 11.5. The standard InChI is InChI=1S/C15H20ClNO3/c1-14(2)8-12(15(3,4)20-14)19-13(18)10-7-9(16)5-6-11(10)17/h5-7,12H,8,17H2,1-4H3. The smallest absolute Gasteiger partial charge is 0.340 e. The number of rotatable bonds is 2. The number of nitrogens with two attached hydrogens (primary N) is 1. The predicted molar refractivity (Wildman–Crippen MR) is 78.9 cm³/mol. The van der Waals surface area contributed by atoms with Crippen LogP contribution in [-0.4, -0.2) is 23.3 Å². The molecule has 0 aromatic heterocycles. The van der Waals surface area contributed by atoms with Crippen molar-refractivity contribution in [3.05, 3.63) is 28.8 Å². The van der Waals surface area contributed by atoms with E-state index in [4.69, 9.17) is 26.8 Å². The first-order valence-electron chi connectivity index (χ1n) is 6.57. The van der Waals surface area contributed by atoms with E-state index < -0.39 is 11.6 Å². The lowest BCUT2D eigenvalue weighted by atomic mass is 9.97. The number of anilines is 1. The van der Waals surface area contributed by atoms with Crippen LogP contribution in [0.1, 0.15) is 44.5 Å². The van der Waals surface area contributed by atoms with Gasteiger partial charge in [0.1, 0.15) is 11.7 Å². The minimum Gasteiger partial charge on any atom is -0.456 e. The Kier molecular flexibility index (Phi) is 3.73. The molecule has 1 aromatic carbocycles. The largest absolute Gasteiger partial charge is 0.456 e. The predicted octanol–water partition coefficient (Wildman–Crippen LogP) is 3.43. The maximum absolute atomic E-state index is 12.3. The minimum absolute atomic E-state index is 0.290. The molecule has 0 radical (unpaired) electrons.